The van der Waals surface area contributed by atoms with Crippen molar-refractivity contribution in [3.8, 4) is 5.75 Å². The van der Waals surface area contributed by atoms with Gasteiger partial charge in [-0.05, 0) is 54.7 Å². The molecule has 0 saturated carbocycles. The molecule has 30 heavy (non-hydrogen) atoms. The standard InChI is InChI=1S/C23H30N2O4S/c1-17(2)18-8-10-19(11-9-18)24-23(26)21-16-20(12-13-22(21)29-3)30(27,28)25-14-6-4-5-7-15-25/h8-13,16-17H,4-7,14-15H2,1-3H3,(H,24,26). The minimum absolute atomic E-state index is 0.116. The zero-order chi connectivity index (χ0) is 21.7. The van der Waals surface area contributed by atoms with E-state index in [4.69, 9.17) is 4.74 Å². The first-order chi connectivity index (χ1) is 14.3. The summed E-state index contributed by atoms with van der Waals surface area (Å²) >= 11 is 0. The molecule has 162 valence electrons. The summed E-state index contributed by atoms with van der Waals surface area (Å²) in [5, 5.41) is 2.84. The van der Waals surface area contributed by atoms with E-state index < -0.39 is 15.9 Å². The molecule has 1 amide bonds. The van der Waals surface area contributed by atoms with Crippen molar-refractivity contribution in [2.75, 3.05) is 25.5 Å². The van der Waals surface area contributed by atoms with Gasteiger partial charge in [0.1, 0.15) is 5.75 Å². The molecule has 3 rings (SSSR count). The minimum Gasteiger partial charge on any atom is -0.496 e. The first kappa shape index (κ1) is 22.3. The van der Waals surface area contributed by atoms with E-state index in [1.807, 2.05) is 24.3 Å². The SMILES string of the molecule is COc1ccc(S(=O)(=O)N2CCCCCC2)cc1C(=O)Nc1ccc(C(C)C)cc1. The van der Waals surface area contributed by atoms with Gasteiger partial charge in [-0.25, -0.2) is 8.42 Å². The molecule has 0 spiro atoms. The third-order valence-corrected chi connectivity index (χ3v) is 7.35. The first-order valence-electron chi connectivity index (χ1n) is 10.4. The Morgan fingerprint density at radius 1 is 1.00 bits per heavy atom. The lowest BCUT2D eigenvalue weighted by molar-refractivity contribution is 0.102. The van der Waals surface area contributed by atoms with Crippen LogP contribution in [0.2, 0.25) is 0 Å². The maximum absolute atomic E-state index is 13.1. The summed E-state index contributed by atoms with van der Waals surface area (Å²) in [4.78, 5) is 13.0. The summed E-state index contributed by atoms with van der Waals surface area (Å²) in [6.07, 6.45) is 3.79. The van der Waals surface area contributed by atoms with E-state index in [-0.39, 0.29) is 10.5 Å². The number of rotatable bonds is 6. The van der Waals surface area contributed by atoms with Crippen molar-refractivity contribution < 1.29 is 17.9 Å². The Morgan fingerprint density at radius 2 is 1.63 bits per heavy atom. The molecule has 1 aliphatic heterocycles. The number of methoxy groups -OCH3 is 1. The Balaban J connectivity index is 1.87. The van der Waals surface area contributed by atoms with E-state index in [1.165, 1.54) is 29.1 Å². The Hall–Kier alpha value is -2.38. The van der Waals surface area contributed by atoms with Crippen LogP contribution in [-0.4, -0.2) is 38.8 Å². The van der Waals surface area contributed by atoms with Gasteiger partial charge >= 0.3 is 0 Å². The van der Waals surface area contributed by atoms with Gasteiger partial charge in [-0.1, -0.05) is 38.8 Å². The van der Waals surface area contributed by atoms with Crippen LogP contribution in [0.3, 0.4) is 0 Å². The molecule has 7 heteroatoms. The smallest absolute Gasteiger partial charge is 0.259 e. The van der Waals surface area contributed by atoms with Gasteiger partial charge < -0.3 is 10.1 Å². The van der Waals surface area contributed by atoms with Crippen molar-refractivity contribution in [2.24, 2.45) is 0 Å². The monoisotopic (exact) mass is 430 g/mol. The molecular weight excluding hydrogens is 400 g/mol. The Labute approximate surface area is 179 Å². The number of carbonyl (C=O) groups excluding carboxylic acids is 1. The van der Waals surface area contributed by atoms with Crippen molar-refractivity contribution in [1.82, 2.24) is 4.31 Å². The van der Waals surface area contributed by atoms with Crippen LogP contribution in [-0.2, 0) is 10.0 Å². The van der Waals surface area contributed by atoms with Gasteiger partial charge in [0.25, 0.3) is 5.91 Å². The Kier molecular flexibility index (Phi) is 7.15. The number of nitrogens with one attached hydrogen (secondary N) is 1. The quantitative estimate of drug-likeness (QED) is 0.725. The molecule has 2 aromatic carbocycles. The van der Waals surface area contributed by atoms with Gasteiger partial charge in [0.2, 0.25) is 10.0 Å². The van der Waals surface area contributed by atoms with Gasteiger partial charge in [-0.3, -0.25) is 4.79 Å². The zero-order valence-corrected chi connectivity index (χ0v) is 18.7. The third kappa shape index (κ3) is 5.02. The number of amides is 1. The topological polar surface area (TPSA) is 75.7 Å². The van der Waals surface area contributed by atoms with Crippen LogP contribution in [0.15, 0.2) is 47.4 Å². The molecule has 0 bridgehead atoms. The maximum Gasteiger partial charge on any atom is 0.259 e. The molecule has 1 saturated heterocycles. The Morgan fingerprint density at radius 3 is 2.20 bits per heavy atom. The van der Waals surface area contributed by atoms with E-state index in [2.05, 4.69) is 19.2 Å². The fourth-order valence-corrected chi connectivity index (χ4v) is 5.15. The summed E-state index contributed by atoms with van der Waals surface area (Å²) in [5.41, 5.74) is 2.02. The van der Waals surface area contributed by atoms with E-state index in [1.54, 1.807) is 6.07 Å². The second-order valence-corrected chi connectivity index (χ2v) is 9.85. The van der Waals surface area contributed by atoms with E-state index in [9.17, 15) is 13.2 Å². The highest BCUT2D eigenvalue weighted by Gasteiger charge is 2.27. The van der Waals surface area contributed by atoms with Crippen molar-refractivity contribution in [2.45, 2.75) is 50.3 Å². The van der Waals surface area contributed by atoms with Gasteiger partial charge in [0.05, 0.1) is 17.6 Å². The molecule has 0 radical (unpaired) electrons. The molecule has 0 atom stereocenters. The second kappa shape index (κ2) is 9.62. The predicted octanol–water partition coefficient (Wildman–Crippen LogP) is 4.64. The third-order valence-electron chi connectivity index (χ3n) is 5.45. The molecule has 0 aliphatic carbocycles. The van der Waals surface area contributed by atoms with E-state index in [0.717, 1.165) is 25.7 Å². The lowest BCUT2D eigenvalue weighted by Gasteiger charge is -2.20. The van der Waals surface area contributed by atoms with Crippen molar-refractivity contribution in [3.05, 3.63) is 53.6 Å². The molecule has 1 N–H and O–H groups in total. The fourth-order valence-electron chi connectivity index (χ4n) is 3.61. The normalized spacial score (nSPS) is 15.6. The molecule has 1 heterocycles. The van der Waals surface area contributed by atoms with Crippen LogP contribution >= 0.6 is 0 Å². The summed E-state index contributed by atoms with van der Waals surface area (Å²) in [6.45, 7) is 5.24. The zero-order valence-electron chi connectivity index (χ0n) is 17.8. The number of carbonyl (C=O) groups is 1. The number of ether oxygens (including phenoxy) is 1. The van der Waals surface area contributed by atoms with Crippen LogP contribution in [0.1, 0.15) is 61.4 Å². The molecule has 2 aromatic rings. The highest BCUT2D eigenvalue weighted by atomic mass is 32.2. The van der Waals surface area contributed by atoms with Crippen molar-refractivity contribution in [3.63, 3.8) is 0 Å². The average Bonchev–Trinajstić information content (AvgIpc) is 3.03. The van der Waals surface area contributed by atoms with Crippen LogP contribution < -0.4 is 10.1 Å². The Bertz CT molecular complexity index is 977. The van der Waals surface area contributed by atoms with Gasteiger partial charge in [-0.15, -0.1) is 0 Å². The van der Waals surface area contributed by atoms with Crippen molar-refractivity contribution >= 4 is 21.6 Å². The number of benzene rings is 2. The van der Waals surface area contributed by atoms with Gasteiger partial charge in [0, 0.05) is 18.8 Å². The number of nitrogens with zero attached hydrogens (tertiary/aromatic N) is 1. The van der Waals surface area contributed by atoms with Crippen LogP contribution in [0.5, 0.6) is 5.75 Å². The molecule has 0 aromatic heterocycles. The second-order valence-electron chi connectivity index (χ2n) is 7.91. The van der Waals surface area contributed by atoms with Crippen LogP contribution in [0.25, 0.3) is 0 Å². The molecule has 0 unspecified atom stereocenters. The van der Waals surface area contributed by atoms with Crippen LogP contribution in [0, 0.1) is 0 Å². The number of anilines is 1. The van der Waals surface area contributed by atoms with Gasteiger partial charge in [-0.2, -0.15) is 4.31 Å². The van der Waals surface area contributed by atoms with Crippen molar-refractivity contribution in [1.29, 1.82) is 0 Å². The summed E-state index contributed by atoms with van der Waals surface area (Å²) in [5.74, 6) is 0.328. The summed E-state index contributed by atoms with van der Waals surface area (Å²) in [7, 11) is -2.19. The largest absolute Gasteiger partial charge is 0.496 e. The number of hydrogen-bond acceptors (Lipinski definition) is 4. The molecule has 6 nitrogen and oxygen atoms in total. The lowest BCUT2D eigenvalue weighted by Crippen LogP contribution is -2.32. The summed E-state index contributed by atoms with van der Waals surface area (Å²) in [6, 6.07) is 12.1. The molecule has 1 fully saturated rings. The number of hydrogen-bond donors (Lipinski definition) is 1. The van der Waals surface area contributed by atoms with E-state index in [0.29, 0.717) is 30.4 Å². The summed E-state index contributed by atoms with van der Waals surface area (Å²) < 4.78 is 33.1. The minimum atomic E-state index is -3.66. The fraction of sp³-hybridized carbons (Fsp3) is 0.435. The number of sulfonamides is 1. The highest BCUT2D eigenvalue weighted by molar-refractivity contribution is 7.89. The van der Waals surface area contributed by atoms with E-state index >= 15 is 0 Å². The molecular formula is C23H30N2O4S. The first-order valence-corrected chi connectivity index (χ1v) is 11.9. The van der Waals surface area contributed by atoms with Gasteiger partial charge in [0.15, 0.2) is 0 Å². The average molecular weight is 431 g/mol. The lowest BCUT2D eigenvalue weighted by atomic mass is 10.0. The molecule has 1 aliphatic rings. The maximum atomic E-state index is 13.1. The van der Waals surface area contributed by atoms with Crippen LogP contribution in [0.4, 0.5) is 5.69 Å². The highest BCUT2D eigenvalue weighted by Crippen LogP contribution is 2.27. The predicted molar refractivity (Wildman–Crippen MR) is 119 cm³/mol.